The zero-order valence-electron chi connectivity index (χ0n) is 17.9. The molecule has 0 aliphatic carbocycles. The fraction of sp³-hybridized carbons (Fsp3) is 0.375. The second-order valence-corrected chi connectivity index (χ2v) is 7.67. The van der Waals surface area contributed by atoms with Crippen molar-refractivity contribution in [2.75, 3.05) is 23.3 Å². The van der Waals surface area contributed by atoms with Crippen LogP contribution in [0.15, 0.2) is 45.4 Å². The van der Waals surface area contributed by atoms with Crippen molar-refractivity contribution in [1.82, 2.24) is 4.98 Å². The Morgan fingerprint density at radius 3 is 2.48 bits per heavy atom. The number of aryl methyl sites for hydroxylation is 2. The minimum Gasteiger partial charge on any atom is -0.459 e. The van der Waals surface area contributed by atoms with E-state index in [4.69, 9.17) is 8.83 Å². The summed E-state index contributed by atoms with van der Waals surface area (Å²) in [5.74, 6) is 1.20. The van der Waals surface area contributed by atoms with E-state index in [1.54, 1.807) is 12.1 Å². The van der Waals surface area contributed by atoms with Crippen molar-refractivity contribution in [3.05, 3.63) is 53.4 Å². The summed E-state index contributed by atoms with van der Waals surface area (Å²) < 4.78 is 11.2. The Morgan fingerprint density at radius 1 is 1.19 bits per heavy atom. The summed E-state index contributed by atoms with van der Waals surface area (Å²) in [6, 6.07) is 11.8. The molecule has 1 aliphatic rings. The lowest BCUT2D eigenvalue weighted by atomic mass is 9.95. The van der Waals surface area contributed by atoms with Gasteiger partial charge in [0.25, 0.3) is 5.89 Å². The van der Waals surface area contributed by atoms with Crippen LogP contribution in [0.2, 0.25) is 0 Å². The van der Waals surface area contributed by atoms with Gasteiger partial charge in [0.1, 0.15) is 6.07 Å². The Bertz CT molecular complexity index is 1060. The molecule has 1 fully saturated rings. The Kier molecular flexibility index (Phi) is 6.08. The molecule has 3 heterocycles. The van der Waals surface area contributed by atoms with E-state index in [1.807, 2.05) is 11.0 Å². The van der Waals surface area contributed by atoms with Crippen LogP contribution >= 0.6 is 0 Å². The van der Waals surface area contributed by atoms with Crippen LogP contribution in [-0.4, -0.2) is 24.0 Å². The molecule has 1 amide bonds. The Labute approximate surface area is 181 Å². The van der Waals surface area contributed by atoms with Gasteiger partial charge in [0.15, 0.2) is 5.76 Å². The van der Waals surface area contributed by atoms with E-state index in [9.17, 15) is 10.1 Å². The number of piperidine rings is 1. The maximum Gasteiger partial charge on any atom is 0.266 e. The van der Waals surface area contributed by atoms with E-state index in [0.29, 0.717) is 43.5 Å². The number of para-hydroxylation sites is 1. The fourth-order valence-electron chi connectivity index (χ4n) is 4.08. The van der Waals surface area contributed by atoms with Gasteiger partial charge >= 0.3 is 0 Å². The lowest BCUT2D eigenvalue weighted by Crippen LogP contribution is -2.38. The summed E-state index contributed by atoms with van der Waals surface area (Å²) in [5.41, 5.74) is 3.52. The number of oxazole rings is 1. The summed E-state index contributed by atoms with van der Waals surface area (Å²) in [6.45, 7) is 5.44. The van der Waals surface area contributed by atoms with E-state index in [1.165, 1.54) is 6.26 Å². The van der Waals surface area contributed by atoms with Gasteiger partial charge in [-0.15, -0.1) is 0 Å². The quantitative estimate of drug-likeness (QED) is 0.619. The molecule has 160 valence electrons. The number of hydrogen-bond donors (Lipinski definition) is 1. The van der Waals surface area contributed by atoms with E-state index < -0.39 is 0 Å². The highest BCUT2D eigenvalue weighted by molar-refractivity contribution is 5.94. The molecule has 1 aromatic carbocycles. The molecule has 0 radical (unpaired) electrons. The number of nitrogens with one attached hydrogen (secondary N) is 1. The summed E-state index contributed by atoms with van der Waals surface area (Å²) in [7, 11) is 0. The Hall–Kier alpha value is -3.53. The zero-order chi connectivity index (χ0) is 21.8. The van der Waals surface area contributed by atoms with Gasteiger partial charge in [-0.25, -0.2) is 0 Å². The van der Waals surface area contributed by atoms with Crippen molar-refractivity contribution in [2.24, 2.45) is 5.92 Å². The summed E-state index contributed by atoms with van der Waals surface area (Å²) in [6.07, 6.45) is 4.66. The fourth-order valence-corrected chi connectivity index (χ4v) is 4.08. The molecule has 4 rings (SSSR count). The molecule has 0 saturated carbocycles. The van der Waals surface area contributed by atoms with Gasteiger partial charge < -0.3 is 19.1 Å². The van der Waals surface area contributed by atoms with Crippen molar-refractivity contribution < 1.29 is 13.6 Å². The van der Waals surface area contributed by atoms with Gasteiger partial charge in [-0.3, -0.25) is 4.79 Å². The smallest absolute Gasteiger partial charge is 0.266 e. The van der Waals surface area contributed by atoms with Crippen molar-refractivity contribution in [3.8, 4) is 17.7 Å². The standard InChI is InChI=1S/C24H26N4O3/c1-3-16-7-5-8-17(4-2)21(16)27-22(29)18-10-12-28(13-11-18)24-19(15-25)26-23(31-24)20-9-6-14-30-20/h5-9,14,18H,3-4,10-13H2,1-2H3,(H,27,29). The van der Waals surface area contributed by atoms with Crippen LogP contribution in [-0.2, 0) is 17.6 Å². The zero-order valence-corrected chi connectivity index (χ0v) is 17.9. The third-order valence-electron chi connectivity index (χ3n) is 5.85. The minimum absolute atomic E-state index is 0.0598. The van der Waals surface area contributed by atoms with Crippen LogP contribution in [0.25, 0.3) is 11.7 Å². The predicted octanol–water partition coefficient (Wildman–Crippen LogP) is 4.79. The second kappa shape index (κ2) is 9.09. The maximum absolute atomic E-state index is 13.0. The largest absolute Gasteiger partial charge is 0.459 e. The van der Waals surface area contributed by atoms with Gasteiger partial charge in [-0.05, 0) is 48.9 Å². The van der Waals surface area contributed by atoms with Gasteiger partial charge in [0.2, 0.25) is 17.5 Å². The molecule has 0 spiro atoms. The first-order chi connectivity index (χ1) is 15.1. The topological polar surface area (TPSA) is 95.3 Å². The van der Waals surface area contributed by atoms with Crippen LogP contribution in [0.1, 0.15) is 43.5 Å². The van der Waals surface area contributed by atoms with Crippen LogP contribution in [0.5, 0.6) is 0 Å². The number of nitrogens with zero attached hydrogens (tertiary/aromatic N) is 3. The van der Waals surface area contributed by atoms with Gasteiger partial charge in [-0.1, -0.05) is 32.0 Å². The maximum atomic E-state index is 13.0. The Balaban J connectivity index is 1.44. The summed E-state index contributed by atoms with van der Waals surface area (Å²) in [5, 5.41) is 12.7. The van der Waals surface area contributed by atoms with E-state index in [0.717, 1.165) is 29.7 Å². The van der Waals surface area contributed by atoms with E-state index in [2.05, 4.69) is 42.4 Å². The number of carbonyl (C=O) groups is 1. The normalized spacial score (nSPS) is 14.4. The number of hydrogen-bond acceptors (Lipinski definition) is 6. The molecule has 7 nitrogen and oxygen atoms in total. The highest BCUT2D eigenvalue weighted by Crippen LogP contribution is 2.32. The number of nitriles is 1. The molecule has 0 bridgehead atoms. The number of benzene rings is 1. The third kappa shape index (κ3) is 4.19. The highest BCUT2D eigenvalue weighted by Gasteiger charge is 2.29. The van der Waals surface area contributed by atoms with Crippen molar-refractivity contribution in [1.29, 1.82) is 5.26 Å². The number of carbonyl (C=O) groups excluding carboxylic acids is 1. The summed E-state index contributed by atoms with van der Waals surface area (Å²) in [4.78, 5) is 19.2. The van der Waals surface area contributed by atoms with Gasteiger partial charge in [0.05, 0.1) is 6.26 Å². The highest BCUT2D eigenvalue weighted by atomic mass is 16.4. The van der Waals surface area contributed by atoms with E-state index in [-0.39, 0.29) is 17.5 Å². The SMILES string of the molecule is CCc1cccc(CC)c1NC(=O)C1CCN(c2oc(-c3ccco3)nc2C#N)CC1. The molecule has 0 atom stereocenters. The summed E-state index contributed by atoms with van der Waals surface area (Å²) >= 11 is 0. The predicted molar refractivity (Wildman–Crippen MR) is 118 cm³/mol. The Morgan fingerprint density at radius 2 is 1.90 bits per heavy atom. The minimum atomic E-state index is -0.0798. The average Bonchev–Trinajstić information content (AvgIpc) is 3.49. The van der Waals surface area contributed by atoms with Gasteiger partial charge in [0, 0.05) is 24.7 Å². The monoisotopic (exact) mass is 418 g/mol. The number of amides is 1. The number of furan rings is 1. The molecule has 2 aromatic heterocycles. The first-order valence-electron chi connectivity index (χ1n) is 10.8. The molecule has 1 N–H and O–H groups in total. The lowest BCUT2D eigenvalue weighted by Gasteiger charge is -2.31. The molecule has 7 heteroatoms. The van der Waals surface area contributed by atoms with E-state index >= 15 is 0 Å². The molecule has 3 aromatic rings. The van der Waals surface area contributed by atoms with Crippen molar-refractivity contribution >= 4 is 17.5 Å². The van der Waals surface area contributed by atoms with Crippen LogP contribution in [0.3, 0.4) is 0 Å². The first-order valence-corrected chi connectivity index (χ1v) is 10.8. The van der Waals surface area contributed by atoms with Crippen LogP contribution in [0, 0.1) is 17.2 Å². The first kappa shape index (κ1) is 20.7. The number of anilines is 2. The molecule has 1 aliphatic heterocycles. The molecule has 31 heavy (non-hydrogen) atoms. The van der Waals surface area contributed by atoms with Crippen LogP contribution < -0.4 is 10.2 Å². The van der Waals surface area contributed by atoms with Gasteiger partial charge in [-0.2, -0.15) is 10.2 Å². The third-order valence-corrected chi connectivity index (χ3v) is 5.85. The molecule has 0 unspecified atom stereocenters. The number of rotatable bonds is 6. The van der Waals surface area contributed by atoms with Crippen LogP contribution in [0.4, 0.5) is 11.6 Å². The molecular formula is C24H26N4O3. The molecule has 1 saturated heterocycles. The molecular weight excluding hydrogens is 392 g/mol. The average molecular weight is 418 g/mol. The van der Waals surface area contributed by atoms with Crippen molar-refractivity contribution in [3.63, 3.8) is 0 Å². The van der Waals surface area contributed by atoms with Crippen molar-refractivity contribution in [2.45, 2.75) is 39.5 Å². The second-order valence-electron chi connectivity index (χ2n) is 7.67. The lowest BCUT2D eigenvalue weighted by molar-refractivity contribution is -0.120. The number of aromatic nitrogens is 1.